The quantitative estimate of drug-likeness (QED) is 0.799. The second kappa shape index (κ2) is 6.07. The Hall–Kier alpha value is -2.69. The molecule has 0 radical (unpaired) electrons. The maximum Gasteiger partial charge on any atom is 0.232 e. The van der Waals surface area contributed by atoms with Crippen LogP contribution < -0.4 is 4.90 Å². The molecule has 1 N–H and O–H groups in total. The van der Waals surface area contributed by atoms with E-state index >= 15 is 0 Å². The van der Waals surface area contributed by atoms with E-state index in [2.05, 4.69) is 15.2 Å². The van der Waals surface area contributed by atoms with Crippen LogP contribution in [0, 0.1) is 12.3 Å². The molecule has 2 heterocycles. The number of carbonyl (C=O) groups is 1. The summed E-state index contributed by atoms with van der Waals surface area (Å²) in [7, 11) is 1.82. The third-order valence-electron chi connectivity index (χ3n) is 4.33. The van der Waals surface area contributed by atoms with Crippen LogP contribution >= 0.6 is 0 Å². The first-order chi connectivity index (χ1) is 11.4. The lowest BCUT2D eigenvalue weighted by Crippen LogP contribution is -2.40. The van der Waals surface area contributed by atoms with Gasteiger partial charge in [-0.05, 0) is 31.2 Å². The molecular formula is C19H22N4O. The minimum atomic E-state index is -0.572. The Morgan fingerprint density at radius 3 is 2.62 bits per heavy atom. The third-order valence-corrected chi connectivity index (χ3v) is 4.33. The van der Waals surface area contributed by atoms with E-state index in [-0.39, 0.29) is 5.91 Å². The molecule has 1 amide bonds. The van der Waals surface area contributed by atoms with Gasteiger partial charge in [0.05, 0.1) is 5.69 Å². The van der Waals surface area contributed by atoms with Crippen LogP contribution in [0.2, 0.25) is 0 Å². The molecule has 5 heteroatoms. The molecule has 1 aromatic carbocycles. The number of aromatic amines is 1. The maximum atomic E-state index is 13.0. The van der Waals surface area contributed by atoms with E-state index in [1.165, 1.54) is 5.56 Å². The minimum absolute atomic E-state index is 0.0615. The van der Waals surface area contributed by atoms with Crippen LogP contribution in [0.1, 0.15) is 25.1 Å². The third kappa shape index (κ3) is 3.02. The topological polar surface area (TPSA) is 61.9 Å². The van der Waals surface area contributed by atoms with E-state index in [0.717, 1.165) is 22.4 Å². The molecule has 24 heavy (non-hydrogen) atoms. The zero-order chi connectivity index (χ0) is 17.3. The smallest absolute Gasteiger partial charge is 0.232 e. The Bertz CT molecular complexity index is 864. The first-order valence-corrected chi connectivity index (χ1v) is 8.01. The van der Waals surface area contributed by atoms with Crippen molar-refractivity contribution in [2.24, 2.45) is 5.41 Å². The maximum absolute atomic E-state index is 13.0. The molecule has 0 fully saturated rings. The standard InChI is InChI=1S/C19H22N4O/c1-13-7-9-14(10-8-13)23(4)18(24)19(2,3)12-16-15-6-5-11-20-17(15)22-21-16/h5-11H,12H2,1-4H3,(H,20,21,22). The summed E-state index contributed by atoms with van der Waals surface area (Å²) in [5, 5.41) is 8.25. The molecule has 3 rings (SSSR count). The lowest BCUT2D eigenvalue weighted by Gasteiger charge is -2.29. The van der Waals surface area contributed by atoms with Crippen LogP contribution in [-0.2, 0) is 11.2 Å². The number of fused-ring (bicyclic) bond motifs is 1. The number of carbonyl (C=O) groups excluding carboxylic acids is 1. The van der Waals surface area contributed by atoms with Gasteiger partial charge in [0.15, 0.2) is 5.65 Å². The molecule has 2 aromatic heterocycles. The van der Waals surface area contributed by atoms with Gasteiger partial charge in [-0.25, -0.2) is 4.98 Å². The van der Waals surface area contributed by atoms with Crippen molar-refractivity contribution in [2.75, 3.05) is 11.9 Å². The van der Waals surface area contributed by atoms with Gasteiger partial charge in [0.25, 0.3) is 0 Å². The second-order valence-electron chi connectivity index (χ2n) is 6.83. The number of hydrogen-bond donors (Lipinski definition) is 1. The molecule has 0 unspecified atom stereocenters. The van der Waals surface area contributed by atoms with Crippen LogP contribution in [0.4, 0.5) is 5.69 Å². The Morgan fingerprint density at radius 1 is 1.21 bits per heavy atom. The zero-order valence-electron chi connectivity index (χ0n) is 14.5. The molecule has 0 aliphatic rings. The SMILES string of the molecule is Cc1ccc(N(C)C(=O)C(C)(C)Cc2n[nH]c3ncccc23)cc1. The van der Waals surface area contributed by atoms with E-state index in [1.807, 2.05) is 64.2 Å². The van der Waals surface area contributed by atoms with Gasteiger partial charge in [-0.1, -0.05) is 31.5 Å². The summed E-state index contributed by atoms with van der Waals surface area (Å²) >= 11 is 0. The molecule has 124 valence electrons. The second-order valence-corrected chi connectivity index (χ2v) is 6.83. The summed E-state index contributed by atoms with van der Waals surface area (Å²) in [6.45, 7) is 5.94. The van der Waals surface area contributed by atoms with Crippen molar-refractivity contribution in [3.8, 4) is 0 Å². The predicted molar refractivity (Wildman–Crippen MR) is 96.0 cm³/mol. The van der Waals surface area contributed by atoms with Crippen LogP contribution in [-0.4, -0.2) is 28.1 Å². The average Bonchev–Trinajstić information content (AvgIpc) is 2.97. The summed E-state index contributed by atoms with van der Waals surface area (Å²) in [5.74, 6) is 0.0615. The summed E-state index contributed by atoms with van der Waals surface area (Å²) in [4.78, 5) is 19.0. The average molecular weight is 322 g/mol. The molecule has 0 spiro atoms. The van der Waals surface area contributed by atoms with E-state index in [1.54, 1.807) is 11.1 Å². The number of pyridine rings is 1. The van der Waals surface area contributed by atoms with E-state index in [9.17, 15) is 4.79 Å². The van der Waals surface area contributed by atoms with Gasteiger partial charge >= 0.3 is 0 Å². The number of nitrogens with zero attached hydrogens (tertiary/aromatic N) is 3. The molecule has 5 nitrogen and oxygen atoms in total. The van der Waals surface area contributed by atoms with Crippen molar-refractivity contribution >= 4 is 22.6 Å². The fourth-order valence-electron chi connectivity index (χ4n) is 2.88. The molecule has 3 aromatic rings. The number of amides is 1. The van der Waals surface area contributed by atoms with Gasteiger partial charge in [-0.3, -0.25) is 9.89 Å². The van der Waals surface area contributed by atoms with Crippen molar-refractivity contribution < 1.29 is 4.79 Å². The summed E-state index contributed by atoms with van der Waals surface area (Å²) in [6.07, 6.45) is 2.28. The van der Waals surface area contributed by atoms with E-state index < -0.39 is 5.41 Å². The molecule has 0 aliphatic carbocycles. The summed E-state index contributed by atoms with van der Waals surface area (Å²) in [5.41, 5.74) is 3.12. The number of nitrogens with one attached hydrogen (secondary N) is 1. The first-order valence-electron chi connectivity index (χ1n) is 8.01. The van der Waals surface area contributed by atoms with E-state index in [0.29, 0.717) is 6.42 Å². The number of aromatic nitrogens is 3. The molecule has 0 saturated carbocycles. The summed E-state index contributed by atoms with van der Waals surface area (Å²) in [6, 6.07) is 11.8. The number of aryl methyl sites for hydroxylation is 1. The monoisotopic (exact) mass is 322 g/mol. The van der Waals surface area contributed by atoms with Crippen LogP contribution in [0.25, 0.3) is 11.0 Å². The van der Waals surface area contributed by atoms with Gasteiger partial charge in [0.2, 0.25) is 5.91 Å². The van der Waals surface area contributed by atoms with Crippen LogP contribution in [0.5, 0.6) is 0 Å². The van der Waals surface area contributed by atoms with Gasteiger partial charge in [0.1, 0.15) is 0 Å². The van der Waals surface area contributed by atoms with Gasteiger partial charge in [-0.2, -0.15) is 5.10 Å². The molecule has 0 atom stereocenters. The molecule has 0 aliphatic heterocycles. The van der Waals surface area contributed by atoms with E-state index in [4.69, 9.17) is 0 Å². The fourth-order valence-corrected chi connectivity index (χ4v) is 2.88. The zero-order valence-corrected chi connectivity index (χ0v) is 14.5. The normalized spacial score (nSPS) is 11.7. The van der Waals surface area contributed by atoms with Gasteiger partial charge < -0.3 is 4.90 Å². The van der Waals surface area contributed by atoms with Crippen molar-refractivity contribution in [1.29, 1.82) is 0 Å². The van der Waals surface area contributed by atoms with Crippen molar-refractivity contribution in [3.05, 3.63) is 53.9 Å². The number of rotatable bonds is 4. The first kappa shape index (κ1) is 16.2. The highest BCUT2D eigenvalue weighted by atomic mass is 16.2. The number of anilines is 1. The Morgan fingerprint density at radius 2 is 1.92 bits per heavy atom. The molecule has 0 saturated heterocycles. The van der Waals surface area contributed by atoms with Crippen molar-refractivity contribution in [1.82, 2.24) is 15.2 Å². The highest BCUT2D eigenvalue weighted by Gasteiger charge is 2.32. The number of hydrogen-bond acceptors (Lipinski definition) is 3. The number of H-pyrrole nitrogens is 1. The van der Waals surface area contributed by atoms with Crippen LogP contribution in [0.3, 0.4) is 0 Å². The Labute approximate surface area is 141 Å². The number of benzene rings is 1. The molecular weight excluding hydrogens is 300 g/mol. The van der Waals surface area contributed by atoms with Gasteiger partial charge in [0, 0.05) is 36.2 Å². The highest BCUT2D eigenvalue weighted by molar-refractivity contribution is 5.97. The predicted octanol–water partition coefficient (Wildman–Crippen LogP) is 3.50. The Kier molecular flexibility index (Phi) is 4.09. The lowest BCUT2D eigenvalue weighted by atomic mass is 9.85. The lowest BCUT2D eigenvalue weighted by molar-refractivity contribution is -0.126. The Balaban J connectivity index is 1.83. The van der Waals surface area contributed by atoms with Crippen molar-refractivity contribution in [3.63, 3.8) is 0 Å². The fraction of sp³-hybridized carbons (Fsp3) is 0.316. The molecule has 0 bridgehead atoms. The van der Waals surface area contributed by atoms with Crippen molar-refractivity contribution in [2.45, 2.75) is 27.2 Å². The summed E-state index contributed by atoms with van der Waals surface area (Å²) < 4.78 is 0. The minimum Gasteiger partial charge on any atom is -0.315 e. The largest absolute Gasteiger partial charge is 0.315 e. The van der Waals surface area contributed by atoms with Crippen LogP contribution in [0.15, 0.2) is 42.6 Å². The van der Waals surface area contributed by atoms with Gasteiger partial charge in [-0.15, -0.1) is 0 Å². The highest BCUT2D eigenvalue weighted by Crippen LogP contribution is 2.28.